The average molecular weight is 457 g/mol. The molecule has 2 aromatic carbocycles. The van der Waals surface area contributed by atoms with Gasteiger partial charge in [0.05, 0.1) is 10.9 Å². The van der Waals surface area contributed by atoms with Crippen molar-refractivity contribution < 1.29 is 17.6 Å². The number of rotatable bonds is 6. The molecule has 0 spiro atoms. The predicted molar refractivity (Wildman–Crippen MR) is 113 cm³/mol. The lowest BCUT2D eigenvalue weighted by atomic mass is 10.1. The Kier molecular flexibility index (Phi) is 5.22. The first-order chi connectivity index (χ1) is 15.4. The highest BCUT2D eigenvalue weighted by atomic mass is 32.2. The zero-order chi connectivity index (χ0) is 22.3. The minimum atomic E-state index is -3.92. The fraction of sp³-hybridized carbons (Fsp3) is 0.333. The van der Waals surface area contributed by atoms with E-state index in [2.05, 4.69) is 20.8 Å². The van der Waals surface area contributed by atoms with Crippen LogP contribution in [0.25, 0.3) is 11.4 Å². The quantitative estimate of drug-likeness (QED) is 0.611. The van der Waals surface area contributed by atoms with E-state index in [1.54, 1.807) is 22.9 Å². The molecule has 1 saturated heterocycles. The number of nitrogens with zero attached hydrogens (tertiary/aromatic N) is 5. The molecule has 1 atom stereocenters. The van der Waals surface area contributed by atoms with E-state index in [0.717, 1.165) is 30.5 Å². The molecule has 1 saturated carbocycles. The fourth-order valence-corrected chi connectivity index (χ4v) is 5.60. The van der Waals surface area contributed by atoms with Crippen LogP contribution in [0.5, 0.6) is 0 Å². The molecule has 1 aliphatic carbocycles. The van der Waals surface area contributed by atoms with Crippen molar-refractivity contribution in [1.82, 2.24) is 24.5 Å². The summed E-state index contributed by atoms with van der Waals surface area (Å²) in [6.07, 6.45) is 3.05. The van der Waals surface area contributed by atoms with E-state index in [4.69, 9.17) is 0 Å². The molecule has 0 unspecified atom stereocenters. The second kappa shape index (κ2) is 8.06. The normalized spacial score (nSPS) is 19.2. The molecule has 166 valence electrons. The van der Waals surface area contributed by atoms with Crippen LogP contribution in [0.15, 0.2) is 53.4 Å². The fourth-order valence-electron chi connectivity index (χ4n) is 3.94. The van der Waals surface area contributed by atoms with Gasteiger partial charge in [0.15, 0.2) is 5.82 Å². The summed E-state index contributed by atoms with van der Waals surface area (Å²) in [5.74, 6) is -0.302. The Labute approximate surface area is 184 Å². The van der Waals surface area contributed by atoms with Crippen molar-refractivity contribution in [2.75, 3.05) is 11.9 Å². The van der Waals surface area contributed by atoms with Crippen LogP contribution in [0.3, 0.4) is 0 Å². The number of aromatic nitrogens is 4. The van der Waals surface area contributed by atoms with Crippen LogP contribution in [-0.2, 0) is 14.8 Å². The van der Waals surface area contributed by atoms with E-state index in [-0.39, 0.29) is 11.4 Å². The molecule has 0 bridgehead atoms. The molecule has 11 heteroatoms. The number of nitrogens with one attached hydrogen (secondary N) is 1. The van der Waals surface area contributed by atoms with Crippen LogP contribution < -0.4 is 5.32 Å². The summed E-state index contributed by atoms with van der Waals surface area (Å²) in [4.78, 5) is 13.0. The molecule has 1 aromatic heterocycles. The van der Waals surface area contributed by atoms with Gasteiger partial charge in [-0.05, 0) is 72.5 Å². The number of carbonyl (C=O) groups excluding carboxylic acids is 1. The SMILES string of the molecule is O=C(Nc1cccc(-c2nnnn2C2CC2)c1)[C@H]1CCCN1S(=O)(=O)c1ccc(F)cc1. The molecule has 0 radical (unpaired) electrons. The zero-order valence-electron chi connectivity index (χ0n) is 17.1. The number of hydrogen-bond donors (Lipinski definition) is 1. The Morgan fingerprint density at radius 3 is 2.62 bits per heavy atom. The van der Waals surface area contributed by atoms with Crippen molar-refractivity contribution in [2.45, 2.75) is 42.7 Å². The largest absolute Gasteiger partial charge is 0.325 e. The summed E-state index contributed by atoms with van der Waals surface area (Å²) in [6, 6.07) is 11.2. The number of hydrogen-bond acceptors (Lipinski definition) is 6. The van der Waals surface area contributed by atoms with Gasteiger partial charge >= 0.3 is 0 Å². The van der Waals surface area contributed by atoms with Gasteiger partial charge in [0.25, 0.3) is 0 Å². The van der Waals surface area contributed by atoms with Crippen molar-refractivity contribution in [1.29, 1.82) is 0 Å². The molecule has 2 fully saturated rings. The Bertz CT molecular complexity index is 1260. The first-order valence-corrected chi connectivity index (χ1v) is 11.8. The average Bonchev–Trinajstić information content (AvgIpc) is 3.29. The van der Waals surface area contributed by atoms with E-state index in [0.29, 0.717) is 30.4 Å². The maximum atomic E-state index is 13.2. The number of sulfonamides is 1. The van der Waals surface area contributed by atoms with Crippen LogP contribution in [0.1, 0.15) is 31.7 Å². The zero-order valence-corrected chi connectivity index (χ0v) is 17.9. The minimum absolute atomic E-state index is 0.0347. The standard InChI is InChI=1S/C21H21FN6O3S/c22-15-6-10-18(11-7-15)32(30,31)27-12-2-5-19(27)21(29)23-16-4-1-3-14(13-16)20-24-25-26-28(20)17-8-9-17/h1,3-4,6-7,10-11,13,17,19H,2,5,8-9,12H2,(H,23,29)/t19-/m1/s1. The first-order valence-electron chi connectivity index (χ1n) is 10.4. The van der Waals surface area contributed by atoms with Crippen LogP contribution in [-0.4, -0.2) is 51.4 Å². The predicted octanol–water partition coefficient (Wildman–Crippen LogP) is 2.61. The molecule has 1 aliphatic heterocycles. The molecule has 5 rings (SSSR count). The number of anilines is 1. The van der Waals surface area contributed by atoms with Crippen molar-refractivity contribution in [3.8, 4) is 11.4 Å². The van der Waals surface area contributed by atoms with Crippen molar-refractivity contribution >= 4 is 21.6 Å². The van der Waals surface area contributed by atoms with Gasteiger partial charge in [0, 0.05) is 17.8 Å². The van der Waals surface area contributed by atoms with E-state index in [1.165, 1.54) is 16.4 Å². The molecule has 9 nitrogen and oxygen atoms in total. The van der Waals surface area contributed by atoms with Gasteiger partial charge in [0.2, 0.25) is 15.9 Å². The lowest BCUT2D eigenvalue weighted by Gasteiger charge is -2.23. The molecule has 1 N–H and O–H groups in total. The minimum Gasteiger partial charge on any atom is -0.325 e. The summed E-state index contributed by atoms with van der Waals surface area (Å²) < 4.78 is 42.3. The number of carbonyl (C=O) groups is 1. The summed E-state index contributed by atoms with van der Waals surface area (Å²) in [6.45, 7) is 0.230. The maximum Gasteiger partial charge on any atom is 0.243 e. The lowest BCUT2D eigenvalue weighted by molar-refractivity contribution is -0.119. The second-order valence-electron chi connectivity index (χ2n) is 7.98. The third-order valence-corrected chi connectivity index (χ3v) is 7.62. The summed E-state index contributed by atoms with van der Waals surface area (Å²) in [5.41, 5.74) is 1.30. The number of tetrazole rings is 1. The number of benzene rings is 2. The Balaban J connectivity index is 1.35. The van der Waals surface area contributed by atoms with E-state index in [9.17, 15) is 17.6 Å². The highest BCUT2D eigenvalue weighted by Gasteiger charge is 2.39. The van der Waals surface area contributed by atoms with E-state index in [1.807, 2.05) is 6.07 Å². The molecule has 3 aromatic rings. The van der Waals surface area contributed by atoms with Gasteiger partial charge in [-0.3, -0.25) is 4.79 Å². The number of amides is 1. The van der Waals surface area contributed by atoms with Crippen LogP contribution >= 0.6 is 0 Å². The van der Waals surface area contributed by atoms with Crippen LogP contribution in [0.4, 0.5) is 10.1 Å². The Hall–Kier alpha value is -3.18. The van der Waals surface area contributed by atoms with Crippen LogP contribution in [0, 0.1) is 5.82 Å². The third-order valence-electron chi connectivity index (χ3n) is 5.70. The van der Waals surface area contributed by atoms with Gasteiger partial charge in [-0.1, -0.05) is 12.1 Å². The maximum absolute atomic E-state index is 13.2. The Morgan fingerprint density at radius 2 is 1.88 bits per heavy atom. The monoisotopic (exact) mass is 456 g/mol. The Morgan fingerprint density at radius 1 is 1.09 bits per heavy atom. The second-order valence-corrected chi connectivity index (χ2v) is 9.87. The molecule has 32 heavy (non-hydrogen) atoms. The van der Waals surface area contributed by atoms with Crippen molar-refractivity contribution in [3.05, 3.63) is 54.3 Å². The topological polar surface area (TPSA) is 110 Å². The molecular formula is C21H21FN6O3S. The van der Waals surface area contributed by atoms with Gasteiger partial charge in [0.1, 0.15) is 11.9 Å². The lowest BCUT2D eigenvalue weighted by Crippen LogP contribution is -2.43. The highest BCUT2D eigenvalue weighted by molar-refractivity contribution is 7.89. The summed E-state index contributed by atoms with van der Waals surface area (Å²) >= 11 is 0. The van der Waals surface area contributed by atoms with Crippen LogP contribution in [0.2, 0.25) is 0 Å². The summed E-state index contributed by atoms with van der Waals surface area (Å²) in [7, 11) is -3.92. The van der Waals surface area contributed by atoms with Crippen molar-refractivity contribution in [3.63, 3.8) is 0 Å². The first kappa shape index (κ1) is 20.7. The van der Waals surface area contributed by atoms with E-state index >= 15 is 0 Å². The van der Waals surface area contributed by atoms with Crippen molar-refractivity contribution in [2.24, 2.45) is 0 Å². The highest BCUT2D eigenvalue weighted by Crippen LogP contribution is 2.37. The van der Waals surface area contributed by atoms with E-state index < -0.39 is 27.8 Å². The molecule has 2 heterocycles. The van der Waals surface area contributed by atoms with Gasteiger partial charge in [-0.2, -0.15) is 4.31 Å². The van der Waals surface area contributed by atoms with Gasteiger partial charge in [-0.25, -0.2) is 17.5 Å². The summed E-state index contributed by atoms with van der Waals surface area (Å²) in [5, 5.41) is 14.7. The molecule has 1 amide bonds. The third kappa shape index (κ3) is 3.89. The van der Waals surface area contributed by atoms with Gasteiger partial charge in [-0.15, -0.1) is 5.10 Å². The molecule has 2 aliphatic rings. The smallest absolute Gasteiger partial charge is 0.243 e. The molecular weight excluding hydrogens is 435 g/mol. The van der Waals surface area contributed by atoms with Gasteiger partial charge < -0.3 is 5.32 Å². The number of halogens is 1.